The van der Waals surface area contributed by atoms with E-state index in [4.69, 9.17) is 9.72 Å². The first kappa shape index (κ1) is 16.7. The van der Waals surface area contributed by atoms with Gasteiger partial charge in [-0.25, -0.2) is 4.98 Å². The van der Waals surface area contributed by atoms with Crippen LogP contribution in [-0.4, -0.2) is 30.1 Å². The zero-order valence-corrected chi connectivity index (χ0v) is 14.9. The average molecular weight is 346 g/mol. The number of fused-ring (bicyclic) bond motifs is 1. The van der Waals surface area contributed by atoms with Crippen molar-refractivity contribution in [1.29, 1.82) is 0 Å². The maximum absolute atomic E-state index is 12.9. The van der Waals surface area contributed by atoms with Gasteiger partial charge in [0.25, 0.3) is 5.91 Å². The van der Waals surface area contributed by atoms with Crippen molar-refractivity contribution >= 4 is 16.8 Å². The van der Waals surface area contributed by atoms with Crippen LogP contribution in [0.2, 0.25) is 0 Å². The lowest BCUT2D eigenvalue weighted by molar-refractivity contribution is 0.0859. The number of carbonyl (C=O) groups excluding carboxylic acids is 1. The van der Waals surface area contributed by atoms with Gasteiger partial charge < -0.3 is 10.1 Å². The molecule has 1 aromatic heterocycles. The lowest BCUT2D eigenvalue weighted by atomic mass is 10.0. The molecule has 4 nitrogen and oxygen atoms in total. The van der Waals surface area contributed by atoms with Crippen LogP contribution in [0.4, 0.5) is 0 Å². The van der Waals surface area contributed by atoms with Crippen LogP contribution in [0.5, 0.6) is 0 Å². The molecule has 0 bridgehead atoms. The van der Waals surface area contributed by atoms with Gasteiger partial charge in [0.05, 0.1) is 22.9 Å². The van der Waals surface area contributed by atoms with Crippen LogP contribution < -0.4 is 5.32 Å². The van der Waals surface area contributed by atoms with Crippen LogP contribution in [0.3, 0.4) is 0 Å². The van der Waals surface area contributed by atoms with Crippen LogP contribution in [0.15, 0.2) is 54.6 Å². The zero-order chi connectivity index (χ0) is 17.9. The lowest BCUT2D eigenvalue weighted by Gasteiger charge is -2.14. The summed E-state index contributed by atoms with van der Waals surface area (Å²) in [6.07, 6.45) is 2.20. The Balaban J connectivity index is 1.74. The summed E-state index contributed by atoms with van der Waals surface area (Å²) in [7, 11) is 0. The Bertz CT molecular complexity index is 932. The smallest absolute Gasteiger partial charge is 0.252 e. The number of amides is 1. The molecular formula is C22H22N2O2. The van der Waals surface area contributed by atoms with E-state index in [9.17, 15) is 4.79 Å². The summed E-state index contributed by atoms with van der Waals surface area (Å²) < 4.78 is 5.61. The van der Waals surface area contributed by atoms with Gasteiger partial charge in [0, 0.05) is 24.1 Å². The molecule has 1 amide bonds. The number of hydrogen-bond acceptors (Lipinski definition) is 3. The standard InChI is InChI=1S/C22H22N2O2/c1-15-7-5-11-18-19(22(25)23-14-17-10-6-12-26-17)13-20(24-21(15)18)16-8-3-2-4-9-16/h2-5,7-9,11,13,17H,6,10,12,14H2,1H3,(H,23,25)/t17-/m0/s1. The van der Waals surface area contributed by atoms with E-state index in [1.165, 1.54) is 0 Å². The molecule has 1 aliphatic heterocycles. The molecule has 0 spiro atoms. The van der Waals surface area contributed by atoms with E-state index in [2.05, 4.69) is 5.32 Å². The maximum Gasteiger partial charge on any atom is 0.252 e. The van der Waals surface area contributed by atoms with E-state index in [-0.39, 0.29) is 12.0 Å². The van der Waals surface area contributed by atoms with E-state index in [0.717, 1.165) is 47.2 Å². The fourth-order valence-corrected chi connectivity index (χ4v) is 3.44. The molecule has 2 heterocycles. The number of aryl methyl sites for hydroxylation is 1. The van der Waals surface area contributed by atoms with Crippen LogP contribution in [0.1, 0.15) is 28.8 Å². The summed E-state index contributed by atoms with van der Waals surface area (Å²) in [4.78, 5) is 17.7. The number of hydrogen-bond donors (Lipinski definition) is 1. The number of nitrogens with one attached hydrogen (secondary N) is 1. The third-order valence-corrected chi connectivity index (χ3v) is 4.87. The number of nitrogens with zero attached hydrogens (tertiary/aromatic N) is 1. The molecule has 1 N–H and O–H groups in total. The Morgan fingerprint density at radius 3 is 2.81 bits per heavy atom. The Morgan fingerprint density at radius 2 is 2.04 bits per heavy atom. The van der Waals surface area contributed by atoms with Gasteiger partial charge in [0.2, 0.25) is 0 Å². The summed E-state index contributed by atoms with van der Waals surface area (Å²) in [5.41, 5.74) is 4.42. The van der Waals surface area contributed by atoms with Crippen LogP contribution in [-0.2, 0) is 4.74 Å². The number of carbonyl (C=O) groups is 1. The molecule has 3 aromatic rings. The Labute approximate surface area is 153 Å². The minimum atomic E-state index is -0.0734. The largest absolute Gasteiger partial charge is 0.376 e. The Morgan fingerprint density at radius 1 is 1.19 bits per heavy atom. The topological polar surface area (TPSA) is 51.2 Å². The van der Waals surface area contributed by atoms with E-state index in [1.807, 2.05) is 61.5 Å². The second kappa shape index (κ2) is 7.26. The second-order valence-corrected chi connectivity index (χ2v) is 6.74. The molecule has 4 heteroatoms. The van der Waals surface area contributed by atoms with Gasteiger partial charge in [-0.15, -0.1) is 0 Å². The number of rotatable bonds is 4. The van der Waals surface area contributed by atoms with E-state index < -0.39 is 0 Å². The summed E-state index contributed by atoms with van der Waals surface area (Å²) in [6, 6.07) is 17.8. The molecule has 0 aliphatic carbocycles. The summed E-state index contributed by atoms with van der Waals surface area (Å²) in [6.45, 7) is 3.36. The molecule has 0 unspecified atom stereocenters. The monoisotopic (exact) mass is 346 g/mol. The van der Waals surface area contributed by atoms with Crippen molar-refractivity contribution in [1.82, 2.24) is 10.3 Å². The fraction of sp³-hybridized carbons (Fsp3) is 0.273. The maximum atomic E-state index is 12.9. The molecule has 132 valence electrons. The minimum absolute atomic E-state index is 0.0734. The number of benzene rings is 2. The van der Waals surface area contributed by atoms with E-state index in [0.29, 0.717) is 12.1 Å². The molecular weight excluding hydrogens is 324 g/mol. The Kier molecular flexibility index (Phi) is 4.67. The van der Waals surface area contributed by atoms with Crippen molar-refractivity contribution in [2.45, 2.75) is 25.9 Å². The Hall–Kier alpha value is -2.72. The number of aromatic nitrogens is 1. The normalized spacial score (nSPS) is 16.7. The van der Waals surface area contributed by atoms with Gasteiger partial charge in [-0.1, -0.05) is 48.5 Å². The first-order valence-electron chi connectivity index (χ1n) is 9.08. The predicted molar refractivity (Wildman–Crippen MR) is 103 cm³/mol. The first-order valence-corrected chi connectivity index (χ1v) is 9.08. The first-order chi connectivity index (χ1) is 12.7. The highest BCUT2D eigenvalue weighted by Crippen LogP contribution is 2.26. The zero-order valence-electron chi connectivity index (χ0n) is 14.9. The molecule has 4 rings (SSSR count). The van der Waals surface area contributed by atoms with Crippen molar-refractivity contribution in [2.24, 2.45) is 0 Å². The molecule has 1 saturated heterocycles. The average Bonchev–Trinajstić information content (AvgIpc) is 3.20. The number of ether oxygens (including phenoxy) is 1. The molecule has 2 aromatic carbocycles. The van der Waals surface area contributed by atoms with Crippen molar-refractivity contribution in [3.05, 3.63) is 65.7 Å². The summed E-state index contributed by atoms with van der Waals surface area (Å²) in [5, 5.41) is 3.92. The van der Waals surface area contributed by atoms with Gasteiger partial charge >= 0.3 is 0 Å². The molecule has 0 radical (unpaired) electrons. The van der Waals surface area contributed by atoms with Crippen molar-refractivity contribution in [3.8, 4) is 11.3 Å². The minimum Gasteiger partial charge on any atom is -0.376 e. The van der Waals surface area contributed by atoms with Crippen LogP contribution in [0.25, 0.3) is 22.2 Å². The molecule has 1 fully saturated rings. The van der Waals surface area contributed by atoms with Gasteiger partial charge in [-0.2, -0.15) is 0 Å². The molecule has 1 aliphatic rings. The lowest BCUT2D eigenvalue weighted by Crippen LogP contribution is -2.32. The van der Waals surface area contributed by atoms with Crippen molar-refractivity contribution in [3.63, 3.8) is 0 Å². The van der Waals surface area contributed by atoms with Crippen molar-refractivity contribution in [2.75, 3.05) is 13.2 Å². The van der Waals surface area contributed by atoms with Gasteiger partial charge in [0.1, 0.15) is 0 Å². The van der Waals surface area contributed by atoms with Crippen LogP contribution >= 0.6 is 0 Å². The van der Waals surface area contributed by atoms with E-state index >= 15 is 0 Å². The SMILES string of the molecule is Cc1cccc2c(C(=O)NC[C@@H]3CCCO3)cc(-c3ccccc3)nc12. The third-order valence-electron chi connectivity index (χ3n) is 4.87. The third kappa shape index (κ3) is 3.33. The quantitative estimate of drug-likeness (QED) is 0.773. The molecule has 26 heavy (non-hydrogen) atoms. The fourth-order valence-electron chi connectivity index (χ4n) is 3.44. The second-order valence-electron chi connectivity index (χ2n) is 6.74. The summed E-state index contributed by atoms with van der Waals surface area (Å²) >= 11 is 0. The predicted octanol–water partition coefficient (Wildman–Crippen LogP) is 4.12. The van der Waals surface area contributed by atoms with Gasteiger partial charge in [-0.3, -0.25) is 4.79 Å². The number of pyridine rings is 1. The highest BCUT2D eigenvalue weighted by atomic mass is 16.5. The van der Waals surface area contributed by atoms with Crippen molar-refractivity contribution < 1.29 is 9.53 Å². The number of para-hydroxylation sites is 1. The van der Waals surface area contributed by atoms with E-state index in [1.54, 1.807) is 0 Å². The van der Waals surface area contributed by atoms with Gasteiger partial charge in [-0.05, 0) is 31.4 Å². The molecule has 0 saturated carbocycles. The highest BCUT2D eigenvalue weighted by molar-refractivity contribution is 6.07. The highest BCUT2D eigenvalue weighted by Gasteiger charge is 2.19. The van der Waals surface area contributed by atoms with Gasteiger partial charge in [0.15, 0.2) is 0 Å². The summed E-state index contributed by atoms with van der Waals surface area (Å²) in [5.74, 6) is -0.0734. The molecule has 1 atom stereocenters. The van der Waals surface area contributed by atoms with Crippen LogP contribution in [0, 0.1) is 6.92 Å².